The Morgan fingerprint density at radius 3 is 2.37 bits per heavy atom. The number of carbonyl (C=O) groups is 1. The van der Waals surface area contributed by atoms with Crippen molar-refractivity contribution < 1.29 is 13.2 Å². The van der Waals surface area contributed by atoms with E-state index < -0.39 is 10.0 Å². The Morgan fingerprint density at radius 2 is 1.76 bits per heavy atom. The number of nitrogens with one attached hydrogen (secondary N) is 1. The molecule has 0 atom stereocenters. The monoisotopic (exact) mass is 573 g/mol. The van der Waals surface area contributed by atoms with Gasteiger partial charge in [-0.2, -0.15) is 4.31 Å². The summed E-state index contributed by atoms with van der Waals surface area (Å²) in [5, 5.41) is 4.67. The van der Waals surface area contributed by atoms with Gasteiger partial charge >= 0.3 is 0 Å². The van der Waals surface area contributed by atoms with Crippen LogP contribution in [0.25, 0.3) is 10.2 Å². The van der Waals surface area contributed by atoms with Gasteiger partial charge in [0.05, 0.1) is 20.1 Å². The molecule has 3 aromatic rings. The molecular weight excluding hydrogens is 542 g/mol. The number of amides is 1. The zero-order valence-electron chi connectivity index (χ0n) is 21.4. The molecule has 0 unspecified atom stereocenters. The first-order chi connectivity index (χ1) is 18.2. The van der Waals surface area contributed by atoms with Crippen molar-refractivity contribution in [3.05, 3.63) is 77.9 Å². The van der Waals surface area contributed by atoms with Gasteiger partial charge < -0.3 is 10.2 Å². The summed E-state index contributed by atoms with van der Waals surface area (Å²) in [6.45, 7) is 14.3. The van der Waals surface area contributed by atoms with Crippen LogP contribution in [0.4, 0.5) is 5.13 Å². The van der Waals surface area contributed by atoms with E-state index >= 15 is 0 Å². The quantitative estimate of drug-likeness (QED) is 0.347. The molecule has 11 heteroatoms. The molecule has 0 aliphatic carbocycles. The number of sulfonamides is 1. The largest absolute Gasteiger partial charge is 0.351 e. The fraction of sp³-hybridized carbons (Fsp3) is 0.333. The van der Waals surface area contributed by atoms with E-state index in [-0.39, 0.29) is 23.9 Å². The number of hydrogen-bond acceptors (Lipinski definition) is 7. The molecule has 202 valence electrons. The van der Waals surface area contributed by atoms with Crippen LogP contribution in [-0.4, -0.2) is 80.9 Å². The van der Waals surface area contributed by atoms with E-state index in [0.717, 1.165) is 58.7 Å². The summed E-state index contributed by atoms with van der Waals surface area (Å²) in [6, 6.07) is 9.91. The molecule has 0 saturated carbocycles. The molecule has 1 fully saturated rings. The van der Waals surface area contributed by atoms with Gasteiger partial charge in [0.15, 0.2) is 5.13 Å². The zero-order chi connectivity index (χ0) is 27.3. The van der Waals surface area contributed by atoms with Crippen molar-refractivity contribution in [3.63, 3.8) is 0 Å². The Labute approximate surface area is 233 Å². The van der Waals surface area contributed by atoms with Gasteiger partial charge in [0.25, 0.3) is 5.91 Å². The maximum atomic E-state index is 12.8. The predicted octanol–water partition coefficient (Wildman–Crippen LogP) is 4.17. The Morgan fingerprint density at radius 1 is 1.11 bits per heavy atom. The standard InChI is InChI=1S/C27H32ClN5O3S2/c1-4-13-33(14-5-2)38(35,36)22-9-7-21(8-10-22)26(34)29-12-15-31-16-18-32(19-17-31)27-30-24-20(3)6-11-23(28)25(24)37-27/h4-11H,1-2,12-19H2,3H3,(H,29,34). The highest BCUT2D eigenvalue weighted by Gasteiger charge is 2.23. The van der Waals surface area contributed by atoms with Crippen molar-refractivity contribution in [2.45, 2.75) is 11.8 Å². The number of fused-ring (bicyclic) bond motifs is 1. The summed E-state index contributed by atoms with van der Waals surface area (Å²) in [5.41, 5.74) is 2.51. The van der Waals surface area contributed by atoms with E-state index in [1.165, 1.54) is 40.7 Å². The molecule has 38 heavy (non-hydrogen) atoms. The number of halogens is 1. The highest BCUT2D eigenvalue weighted by Crippen LogP contribution is 2.35. The normalized spacial score (nSPS) is 14.7. The van der Waals surface area contributed by atoms with E-state index in [1.807, 2.05) is 19.1 Å². The second-order valence-electron chi connectivity index (χ2n) is 9.05. The number of thiazole rings is 1. The number of aryl methyl sites for hydroxylation is 1. The molecule has 1 aliphatic rings. The third-order valence-corrected chi connectivity index (χ3v) is 9.88. The molecule has 1 amide bonds. The van der Waals surface area contributed by atoms with Crippen LogP contribution in [0.1, 0.15) is 15.9 Å². The average molecular weight is 574 g/mol. The van der Waals surface area contributed by atoms with Gasteiger partial charge in [-0.1, -0.05) is 41.2 Å². The van der Waals surface area contributed by atoms with Gasteiger partial charge in [0, 0.05) is 57.9 Å². The third-order valence-electron chi connectivity index (χ3n) is 6.46. The number of carbonyl (C=O) groups excluding carboxylic acids is 1. The summed E-state index contributed by atoms with van der Waals surface area (Å²) in [7, 11) is -3.70. The molecule has 4 rings (SSSR count). The summed E-state index contributed by atoms with van der Waals surface area (Å²) in [5.74, 6) is -0.233. The van der Waals surface area contributed by atoms with Crippen molar-refractivity contribution >= 4 is 54.2 Å². The van der Waals surface area contributed by atoms with Crippen LogP contribution in [0.3, 0.4) is 0 Å². The molecule has 1 N–H and O–H groups in total. The Kier molecular flexibility index (Phi) is 9.22. The van der Waals surface area contributed by atoms with Crippen LogP contribution < -0.4 is 10.2 Å². The first kappa shape index (κ1) is 28.3. The fourth-order valence-electron chi connectivity index (χ4n) is 4.30. The molecule has 1 aliphatic heterocycles. The van der Waals surface area contributed by atoms with E-state index in [4.69, 9.17) is 16.6 Å². The lowest BCUT2D eigenvalue weighted by Gasteiger charge is -2.34. The van der Waals surface area contributed by atoms with Crippen LogP contribution >= 0.6 is 22.9 Å². The topological polar surface area (TPSA) is 85.8 Å². The second-order valence-corrected chi connectivity index (χ2v) is 12.4. The Hall–Kier alpha value is -2.76. The molecule has 0 spiro atoms. The van der Waals surface area contributed by atoms with Crippen LogP contribution in [0.5, 0.6) is 0 Å². The minimum Gasteiger partial charge on any atom is -0.351 e. The number of aromatic nitrogens is 1. The van der Waals surface area contributed by atoms with Crippen LogP contribution in [0, 0.1) is 6.92 Å². The summed E-state index contributed by atoms with van der Waals surface area (Å²) in [6.07, 6.45) is 3.06. The van der Waals surface area contributed by atoms with Crippen molar-refractivity contribution in [1.29, 1.82) is 0 Å². The van der Waals surface area contributed by atoms with Gasteiger partial charge in [-0.25, -0.2) is 13.4 Å². The van der Waals surface area contributed by atoms with Gasteiger partial charge in [0.2, 0.25) is 10.0 Å². The minimum atomic E-state index is -3.70. The molecule has 0 bridgehead atoms. The fourth-order valence-corrected chi connectivity index (χ4v) is 7.05. The van der Waals surface area contributed by atoms with Crippen LogP contribution in [0.15, 0.2) is 66.6 Å². The number of nitrogens with zero attached hydrogens (tertiary/aromatic N) is 4. The first-order valence-corrected chi connectivity index (χ1v) is 15.0. The van der Waals surface area contributed by atoms with Crippen LogP contribution in [-0.2, 0) is 10.0 Å². The van der Waals surface area contributed by atoms with Crippen molar-refractivity contribution in [2.75, 3.05) is 57.3 Å². The van der Waals surface area contributed by atoms with Crippen LogP contribution in [0.2, 0.25) is 5.02 Å². The highest BCUT2D eigenvalue weighted by molar-refractivity contribution is 7.89. The van der Waals surface area contributed by atoms with Crippen molar-refractivity contribution in [1.82, 2.24) is 19.5 Å². The van der Waals surface area contributed by atoms with Gasteiger partial charge in [0.1, 0.15) is 0 Å². The SMILES string of the molecule is C=CCN(CC=C)S(=O)(=O)c1ccc(C(=O)NCCN2CCN(c3nc4c(C)ccc(Cl)c4s3)CC2)cc1. The molecule has 8 nitrogen and oxygen atoms in total. The maximum Gasteiger partial charge on any atom is 0.251 e. The smallest absolute Gasteiger partial charge is 0.251 e. The summed E-state index contributed by atoms with van der Waals surface area (Å²) < 4.78 is 28.0. The highest BCUT2D eigenvalue weighted by atomic mass is 35.5. The van der Waals surface area contributed by atoms with Crippen molar-refractivity contribution in [2.24, 2.45) is 0 Å². The number of benzene rings is 2. The summed E-state index contributed by atoms with van der Waals surface area (Å²) >= 11 is 8.00. The van der Waals surface area contributed by atoms with Gasteiger partial charge in [-0.05, 0) is 42.8 Å². The van der Waals surface area contributed by atoms with E-state index in [1.54, 1.807) is 11.3 Å². The number of rotatable bonds is 11. The lowest BCUT2D eigenvalue weighted by atomic mass is 10.2. The van der Waals surface area contributed by atoms with Crippen molar-refractivity contribution in [3.8, 4) is 0 Å². The second kappa shape index (κ2) is 12.4. The molecule has 2 aromatic carbocycles. The zero-order valence-corrected chi connectivity index (χ0v) is 23.8. The average Bonchev–Trinajstić information content (AvgIpc) is 3.38. The number of hydrogen-bond donors (Lipinski definition) is 1. The molecule has 1 aromatic heterocycles. The number of anilines is 1. The molecule has 2 heterocycles. The lowest BCUT2D eigenvalue weighted by molar-refractivity contribution is 0.0947. The Bertz CT molecular complexity index is 1370. The van der Waals surface area contributed by atoms with E-state index in [2.05, 4.69) is 28.3 Å². The van der Waals surface area contributed by atoms with E-state index in [0.29, 0.717) is 12.1 Å². The Balaban J connectivity index is 1.26. The first-order valence-electron chi connectivity index (χ1n) is 12.4. The number of piperazine rings is 1. The summed E-state index contributed by atoms with van der Waals surface area (Å²) in [4.78, 5) is 22.2. The maximum absolute atomic E-state index is 12.8. The molecule has 0 radical (unpaired) electrons. The van der Waals surface area contributed by atoms with Gasteiger partial charge in [-0.3, -0.25) is 9.69 Å². The molecule has 1 saturated heterocycles. The lowest BCUT2D eigenvalue weighted by Crippen LogP contribution is -2.48. The minimum absolute atomic E-state index is 0.126. The van der Waals surface area contributed by atoms with Gasteiger partial charge in [-0.15, -0.1) is 13.2 Å². The van der Waals surface area contributed by atoms with E-state index in [9.17, 15) is 13.2 Å². The third kappa shape index (κ3) is 6.27. The molecular formula is C27H32ClN5O3S2. The predicted molar refractivity (Wildman–Crippen MR) is 156 cm³/mol.